The van der Waals surface area contributed by atoms with Crippen molar-refractivity contribution in [1.82, 2.24) is 10.7 Å². The summed E-state index contributed by atoms with van der Waals surface area (Å²) in [5, 5.41) is 7.30. The van der Waals surface area contributed by atoms with Crippen molar-refractivity contribution in [3.05, 3.63) is 64.7 Å². The SMILES string of the molecule is CC(C)C(NC(=O)c1ccc(Cl)cc1)C(=O)NN=Cc1ccc(N(C)C)cc1. The van der Waals surface area contributed by atoms with Crippen LogP contribution in [0, 0.1) is 5.92 Å². The van der Waals surface area contributed by atoms with Crippen LogP contribution in [0.4, 0.5) is 5.69 Å². The number of nitrogens with one attached hydrogen (secondary N) is 2. The molecule has 2 N–H and O–H groups in total. The van der Waals surface area contributed by atoms with Crippen LogP contribution >= 0.6 is 11.6 Å². The van der Waals surface area contributed by atoms with Gasteiger partial charge in [-0.15, -0.1) is 0 Å². The zero-order valence-electron chi connectivity index (χ0n) is 16.4. The molecule has 2 amide bonds. The average molecular weight is 401 g/mol. The number of carbonyl (C=O) groups excluding carboxylic acids is 2. The Morgan fingerprint density at radius 3 is 2.18 bits per heavy atom. The number of benzene rings is 2. The largest absolute Gasteiger partial charge is 0.378 e. The second kappa shape index (κ2) is 9.90. The molecule has 0 fully saturated rings. The number of hydrogen-bond donors (Lipinski definition) is 2. The lowest BCUT2D eigenvalue weighted by Crippen LogP contribution is -2.48. The highest BCUT2D eigenvalue weighted by atomic mass is 35.5. The molecule has 0 saturated heterocycles. The van der Waals surface area contributed by atoms with E-state index in [1.165, 1.54) is 0 Å². The van der Waals surface area contributed by atoms with Crippen molar-refractivity contribution < 1.29 is 9.59 Å². The number of hydrogen-bond acceptors (Lipinski definition) is 4. The summed E-state index contributed by atoms with van der Waals surface area (Å²) in [6.45, 7) is 3.71. The maximum atomic E-state index is 12.5. The minimum absolute atomic E-state index is 0.106. The molecule has 0 aliphatic rings. The molecule has 0 radical (unpaired) electrons. The number of nitrogens with zero attached hydrogens (tertiary/aromatic N) is 2. The lowest BCUT2D eigenvalue weighted by molar-refractivity contribution is -0.123. The van der Waals surface area contributed by atoms with Gasteiger partial charge in [0.1, 0.15) is 6.04 Å². The fourth-order valence-corrected chi connectivity index (χ4v) is 2.59. The fraction of sp³-hybridized carbons (Fsp3) is 0.286. The molecule has 0 aromatic heterocycles. The highest BCUT2D eigenvalue weighted by Gasteiger charge is 2.24. The molecular weight excluding hydrogens is 376 g/mol. The predicted molar refractivity (Wildman–Crippen MR) is 114 cm³/mol. The number of halogens is 1. The van der Waals surface area contributed by atoms with Crippen LogP contribution in [0.2, 0.25) is 5.02 Å². The van der Waals surface area contributed by atoms with Crippen LogP contribution in [0.25, 0.3) is 0 Å². The van der Waals surface area contributed by atoms with Crippen LogP contribution in [-0.2, 0) is 4.79 Å². The van der Waals surface area contributed by atoms with E-state index in [2.05, 4.69) is 15.8 Å². The van der Waals surface area contributed by atoms with Crippen molar-refractivity contribution in [1.29, 1.82) is 0 Å². The standard InChI is InChI=1S/C21H25ClN4O2/c1-14(2)19(24-20(27)16-7-9-17(22)10-8-16)21(28)25-23-13-15-5-11-18(12-6-15)26(3)4/h5-14,19H,1-4H3,(H,24,27)(H,25,28). The number of rotatable bonds is 7. The third-order valence-corrected chi connectivity index (χ3v) is 4.39. The maximum absolute atomic E-state index is 12.5. The summed E-state index contributed by atoms with van der Waals surface area (Å²) >= 11 is 5.84. The Hall–Kier alpha value is -2.86. The molecule has 6 nitrogen and oxygen atoms in total. The van der Waals surface area contributed by atoms with Gasteiger partial charge in [0.15, 0.2) is 0 Å². The third kappa shape index (κ3) is 6.09. The van der Waals surface area contributed by atoms with Crippen LogP contribution in [0.1, 0.15) is 29.8 Å². The van der Waals surface area contributed by atoms with Crippen LogP contribution in [0.15, 0.2) is 53.6 Å². The van der Waals surface area contributed by atoms with Crippen LogP contribution < -0.4 is 15.6 Å². The van der Waals surface area contributed by atoms with Crippen molar-refractivity contribution in [3.63, 3.8) is 0 Å². The van der Waals surface area contributed by atoms with E-state index in [0.29, 0.717) is 10.6 Å². The van der Waals surface area contributed by atoms with E-state index in [4.69, 9.17) is 11.6 Å². The van der Waals surface area contributed by atoms with Crippen LogP contribution in [0.3, 0.4) is 0 Å². The Morgan fingerprint density at radius 2 is 1.64 bits per heavy atom. The topological polar surface area (TPSA) is 73.8 Å². The molecule has 148 valence electrons. The summed E-state index contributed by atoms with van der Waals surface area (Å²) in [5.41, 5.74) is 4.87. The van der Waals surface area contributed by atoms with E-state index >= 15 is 0 Å². The highest BCUT2D eigenvalue weighted by molar-refractivity contribution is 6.30. The first-order valence-corrected chi connectivity index (χ1v) is 9.32. The molecule has 2 rings (SSSR count). The van der Waals surface area contributed by atoms with E-state index in [0.717, 1.165) is 11.3 Å². The van der Waals surface area contributed by atoms with Gasteiger partial charge in [-0.05, 0) is 47.9 Å². The molecule has 28 heavy (non-hydrogen) atoms. The first-order valence-electron chi connectivity index (χ1n) is 8.94. The lowest BCUT2D eigenvalue weighted by Gasteiger charge is -2.20. The Kier molecular flexibility index (Phi) is 7.58. The molecule has 7 heteroatoms. The average Bonchev–Trinajstić information content (AvgIpc) is 2.66. The van der Waals surface area contributed by atoms with Gasteiger partial charge in [-0.3, -0.25) is 9.59 Å². The number of hydrazone groups is 1. The Labute approximate surface area is 170 Å². The first-order chi connectivity index (χ1) is 13.3. The van der Waals surface area contributed by atoms with Gasteiger partial charge in [0.2, 0.25) is 0 Å². The Bertz CT molecular complexity index is 830. The van der Waals surface area contributed by atoms with Crippen molar-refractivity contribution in [2.75, 3.05) is 19.0 Å². The Morgan fingerprint density at radius 1 is 1.04 bits per heavy atom. The van der Waals surface area contributed by atoms with E-state index in [1.807, 2.05) is 57.1 Å². The van der Waals surface area contributed by atoms with Gasteiger partial charge in [0, 0.05) is 30.4 Å². The van der Waals surface area contributed by atoms with Crippen molar-refractivity contribution >= 4 is 35.3 Å². The normalized spacial score (nSPS) is 12.1. The van der Waals surface area contributed by atoms with Gasteiger partial charge in [0.25, 0.3) is 11.8 Å². The molecule has 0 aliphatic carbocycles. The minimum Gasteiger partial charge on any atom is -0.378 e. The summed E-state index contributed by atoms with van der Waals surface area (Å²) < 4.78 is 0. The molecule has 0 bridgehead atoms. The van der Waals surface area contributed by atoms with E-state index < -0.39 is 6.04 Å². The van der Waals surface area contributed by atoms with Gasteiger partial charge >= 0.3 is 0 Å². The second-order valence-electron chi connectivity index (χ2n) is 6.92. The van der Waals surface area contributed by atoms with Gasteiger partial charge in [-0.1, -0.05) is 37.6 Å². The summed E-state index contributed by atoms with van der Waals surface area (Å²) in [5.74, 6) is -0.821. The fourth-order valence-electron chi connectivity index (χ4n) is 2.46. The van der Waals surface area contributed by atoms with Crippen molar-refractivity contribution in [2.45, 2.75) is 19.9 Å². The van der Waals surface area contributed by atoms with Gasteiger partial charge in [-0.25, -0.2) is 5.43 Å². The molecule has 0 spiro atoms. The molecule has 0 heterocycles. The smallest absolute Gasteiger partial charge is 0.262 e. The predicted octanol–water partition coefficient (Wildman–Crippen LogP) is 3.31. The summed E-state index contributed by atoms with van der Waals surface area (Å²) in [6.07, 6.45) is 1.57. The molecule has 2 aromatic rings. The van der Waals surface area contributed by atoms with Crippen LogP contribution in [-0.4, -0.2) is 38.2 Å². The van der Waals surface area contributed by atoms with E-state index in [9.17, 15) is 9.59 Å². The van der Waals surface area contributed by atoms with Gasteiger partial charge in [-0.2, -0.15) is 5.10 Å². The summed E-state index contributed by atoms with van der Waals surface area (Å²) in [7, 11) is 3.93. The lowest BCUT2D eigenvalue weighted by atomic mass is 10.0. The number of carbonyl (C=O) groups is 2. The molecule has 2 aromatic carbocycles. The van der Waals surface area contributed by atoms with Gasteiger partial charge < -0.3 is 10.2 Å². The summed E-state index contributed by atoms with van der Waals surface area (Å²) in [4.78, 5) is 26.9. The van der Waals surface area contributed by atoms with Crippen molar-refractivity contribution in [2.24, 2.45) is 11.0 Å². The van der Waals surface area contributed by atoms with Gasteiger partial charge in [0.05, 0.1) is 6.21 Å². The molecule has 0 aliphatic heterocycles. The maximum Gasteiger partial charge on any atom is 0.262 e. The monoisotopic (exact) mass is 400 g/mol. The highest BCUT2D eigenvalue weighted by Crippen LogP contribution is 2.12. The minimum atomic E-state index is -0.712. The Balaban J connectivity index is 1.98. The van der Waals surface area contributed by atoms with Crippen molar-refractivity contribution in [3.8, 4) is 0 Å². The summed E-state index contributed by atoms with van der Waals surface area (Å²) in [6, 6.07) is 13.5. The molecular formula is C21H25ClN4O2. The number of amides is 2. The zero-order chi connectivity index (χ0) is 20.7. The van der Waals surface area contributed by atoms with Crippen LogP contribution in [0.5, 0.6) is 0 Å². The molecule has 1 unspecified atom stereocenters. The number of anilines is 1. The second-order valence-corrected chi connectivity index (χ2v) is 7.36. The quantitative estimate of drug-likeness (QED) is 0.553. The molecule has 0 saturated carbocycles. The molecule has 1 atom stereocenters. The van der Waals surface area contributed by atoms with E-state index in [-0.39, 0.29) is 17.7 Å². The van der Waals surface area contributed by atoms with E-state index in [1.54, 1.807) is 30.5 Å². The first kappa shape index (κ1) is 21.4. The third-order valence-electron chi connectivity index (χ3n) is 4.14. The zero-order valence-corrected chi connectivity index (χ0v) is 17.2.